The van der Waals surface area contributed by atoms with Crippen LogP contribution in [0.25, 0.3) is 10.1 Å². The van der Waals surface area contributed by atoms with Gasteiger partial charge in [-0.15, -0.1) is 22.7 Å². The van der Waals surface area contributed by atoms with Crippen molar-refractivity contribution < 1.29 is 14.0 Å². The second-order valence-corrected chi connectivity index (χ2v) is 11.1. The van der Waals surface area contributed by atoms with Gasteiger partial charge in [0.1, 0.15) is 5.82 Å². The molecule has 166 valence electrons. The van der Waals surface area contributed by atoms with Crippen LogP contribution in [0.3, 0.4) is 0 Å². The molecule has 1 aliphatic heterocycles. The Hall–Kier alpha value is -2.16. The summed E-state index contributed by atoms with van der Waals surface area (Å²) in [6, 6.07) is 5.34. The molecule has 3 aliphatic rings. The Morgan fingerprint density at radius 2 is 1.88 bits per heavy atom. The van der Waals surface area contributed by atoms with E-state index in [4.69, 9.17) is 0 Å². The predicted molar refractivity (Wildman–Crippen MR) is 124 cm³/mol. The molecule has 32 heavy (non-hydrogen) atoms. The lowest BCUT2D eigenvalue weighted by atomic mass is 9.75. The number of nitrogens with zero attached hydrogens (tertiary/aromatic N) is 3. The molecule has 1 amide bonds. The van der Waals surface area contributed by atoms with Crippen molar-refractivity contribution in [3.8, 4) is 0 Å². The van der Waals surface area contributed by atoms with Gasteiger partial charge < -0.3 is 4.90 Å². The molecule has 3 heterocycles. The first-order valence-corrected chi connectivity index (χ1v) is 13.0. The summed E-state index contributed by atoms with van der Waals surface area (Å²) >= 11 is 2.86. The fourth-order valence-electron chi connectivity index (χ4n) is 5.09. The zero-order chi connectivity index (χ0) is 21.8. The Morgan fingerprint density at radius 1 is 1.09 bits per heavy atom. The molecule has 5 nitrogen and oxygen atoms in total. The summed E-state index contributed by atoms with van der Waals surface area (Å²) in [5.74, 6) is 0.562. The summed E-state index contributed by atoms with van der Waals surface area (Å²) < 4.78 is 14.6. The van der Waals surface area contributed by atoms with Crippen molar-refractivity contribution in [1.82, 2.24) is 14.8 Å². The Balaban J connectivity index is 1.09. The van der Waals surface area contributed by atoms with E-state index < -0.39 is 0 Å². The Kier molecular flexibility index (Phi) is 5.12. The fourth-order valence-corrected chi connectivity index (χ4v) is 7.03. The van der Waals surface area contributed by atoms with Crippen LogP contribution in [-0.2, 0) is 0 Å². The molecule has 2 aliphatic carbocycles. The molecule has 0 bridgehead atoms. The van der Waals surface area contributed by atoms with E-state index >= 15 is 0 Å². The summed E-state index contributed by atoms with van der Waals surface area (Å²) in [5.41, 5.74) is 1.17. The van der Waals surface area contributed by atoms with Gasteiger partial charge in [-0.3, -0.25) is 14.5 Å². The molecule has 2 saturated carbocycles. The molecule has 0 spiro atoms. The standard InChI is InChI=1S/C24H24FN3O2S2/c25-16-3-4-18-19(13-16)32-22(20(18)14-1-2-14)21(29)15-11-17(12-15)27-6-8-28(9-7-27)24(30)23-26-5-10-31-23/h3-5,10,13-15,17H,1-2,6-9,11-12H2. The topological polar surface area (TPSA) is 53.5 Å². The second-order valence-electron chi connectivity index (χ2n) is 9.11. The minimum absolute atomic E-state index is 0.0233. The number of hydrogen-bond donors (Lipinski definition) is 0. The first-order chi connectivity index (χ1) is 15.6. The zero-order valence-corrected chi connectivity index (χ0v) is 19.3. The van der Waals surface area contributed by atoms with E-state index in [0.717, 1.165) is 53.7 Å². The van der Waals surface area contributed by atoms with Gasteiger partial charge >= 0.3 is 0 Å². The highest BCUT2D eigenvalue weighted by Crippen LogP contribution is 2.49. The highest BCUT2D eigenvalue weighted by atomic mass is 32.1. The fraction of sp³-hybridized carbons (Fsp3) is 0.458. The first-order valence-electron chi connectivity index (χ1n) is 11.3. The van der Waals surface area contributed by atoms with Crippen molar-refractivity contribution in [2.24, 2.45) is 5.92 Å². The number of hydrogen-bond acceptors (Lipinski definition) is 6. The molecular weight excluding hydrogens is 445 g/mol. The first kappa shape index (κ1) is 20.4. The number of ketones is 1. The van der Waals surface area contributed by atoms with E-state index in [1.165, 1.54) is 34.3 Å². The molecule has 0 unspecified atom stereocenters. The van der Waals surface area contributed by atoms with E-state index in [1.54, 1.807) is 12.3 Å². The third-order valence-electron chi connectivity index (χ3n) is 7.12. The largest absolute Gasteiger partial charge is 0.334 e. The molecule has 1 aromatic carbocycles. The quantitative estimate of drug-likeness (QED) is 0.504. The van der Waals surface area contributed by atoms with Crippen LogP contribution in [0.2, 0.25) is 0 Å². The number of carbonyl (C=O) groups is 2. The van der Waals surface area contributed by atoms with Crippen LogP contribution in [0.4, 0.5) is 4.39 Å². The van der Waals surface area contributed by atoms with Gasteiger partial charge in [0.15, 0.2) is 10.8 Å². The molecule has 1 saturated heterocycles. The number of rotatable bonds is 5. The molecular formula is C24H24FN3O2S2. The molecule has 3 aromatic rings. The predicted octanol–water partition coefficient (Wildman–Crippen LogP) is 4.79. The van der Waals surface area contributed by atoms with Gasteiger partial charge in [-0.1, -0.05) is 6.07 Å². The van der Waals surface area contributed by atoms with Crippen LogP contribution in [0.15, 0.2) is 29.8 Å². The number of piperazine rings is 1. The van der Waals surface area contributed by atoms with E-state index in [9.17, 15) is 14.0 Å². The Labute approximate surface area is 193 Å². The summed E-state index contributed by atoms with van der Waals surface area (Å²) in [4.78, 5) is 35.2. The van der Waals surface area contributed by atoms with Crippen molar-refractivity contribution in [1.29, 1.82) is 0 Å². The number of Topliss-reactive ketones (excluding diaryl/α,β-unsaturated/α-hetero) is 1. The van der Waals surface area contributed by atoms with E-state index in [0.29, 0.717) is 30.1 Å². The average Bonchev–Trinajstić information content (AvgIpc) is 3.31. The molecule has 0 radical (unpaired) electrons. The summed E-state index contributed by atoms with van der Waals surface area (Å²) in [7, 11) is 0. The van der Waals surface area contributed by atoms with Gasteiger partial charge in [-0.05, 0) is 54.7 Å². The number of fused-ring (bicyclic) bond motifs is 1. The lowest BCUT2D eigenvalue weighted by molar-refractivity contribution is 0.0287. The van der Waals surface area contributed by atoms with Gasteiger partial charge in [0.2, 0.25) is 0 Å². The minimum Gasteiger partial charge on any atom is -0.334 e. The Morgan fingerprint density at radius 3 is 2.56 bits per heavy atom. The smallest absolute Gasteiger partial charge is 0.282 e. The van der Waals surface area contributed by atoms with Gasteiger partial charge in [-0.2, -0.15) is 0 Å². The van der Waals surface area contributed by atoms with Gasteiger partial charge in [0.05, 0.1) is 4.88 Å². The average molecular weight is 470 g/mol. The number of thiazole rings is 1. The lowest BCUT2D eigenvalue weighted by Gasteiger charge is -2.45. The molecule has 3 fully saturated rings. The highest BCUT2D eigenvalue weighted by Gasteiger charge is 2.42. The van der Waals surface area contributed by atoms with Crippen LogP contribution in [0, 0.1) is 11.7 Å². The molecule has 2 aromatic heterocycles. The molecule has 0 atom stereocenters. The number of halogens is 1. The van der Waals surface area contributed by atoms with Crippen LogP contribution in [0.5, 0.6) is 0 Å². The highest BCUT2D eigenvalue weighted by molar-refractivity contribution is 7.21. The van der Waals surface area contributed by atoms with E-state index in [1.807, 2.05) is 16.3 Å². The number of aromatic nitrogens is 1. The summed E-state index contributed by atoms with van der Waals surface area (Å²) in [6.45, 7) is 3.11. The van der Waals surface area contributed by atoms with Crippen molar-refractivity contribution in [2.75, 3.05) is 26.2 Å². The van der Waals surface area contributed by atoms with Crippen molar-refractivity contribution >= 4 is 44.5 Å². The third-order valence-corrected chi connectivity index (χ3v) is 9.06. The van der Waals surface area contributed by atoms with E-state index in [-0.39, 0.29) is 23.4 Å². The van der Waals surface area contributed by atoms with Crippen molar-refractivity contribution in [3.63, 3.8) is 0 Å². The summed E-state index contributed by atoms with van der Waals surface area (Å²) in [5, 5.41) is 3.46. The number of thiophene rings is 1. The number of benzene rings is 1. The normalized spacial score (nSPS) is 24.0. The van der Waals surface area contributed by atoms with Crippen LogP contribution in [-0.4, -0.2) is 58.7 Å². The van der Waals surface area contributed by atoms with Gasteiger partial charge in [-0.25, -0.2) is 9.37 Å². The lowest BCUT2D eigenvalue weighted by Crippen LogP contribution is -2.55. The number of amides is 1. The maximum absolute atomic E-state index is 13.7. The maximum atomic E-state index is 13.7. The van der Waals surface area contributed by atoms with Crippen LogP contribution >= 0.6 is 22.7 Å². The Bertz CT molecular complexity index is 1170. The molecule has 8 heteroatoms. The number of carbonyl (C=O) groups excluding carboxylic acids is 2. The summed E-state index contributed by atoms with van der Waals surface area (Å²) in [6.07, 6.45) is 5.68. The SMILES string of the molecule is O=C(c1sc2cc(F)ccc2c1C1CC1)C1CC(N2CCN(C(=O)c3nccs3)CC2)C1. The molecule has 6 rings (SSSR count). The van der Waals surface area contributed by atoms with E-state index in [2.05, 4.69) is 9.88 Å². The zero-order valence-electron chi connectivity index (χ0n) is 17.6. The van der Waals surface area contributed by atoms with Gasteiger partial charge in [0.25, 0.3) is 5.91 Å². The van der Waals surface area contributed by atoms with Crippen LogP contribution < -0.4 is 0 Å². The second kappa shape index (κ2) is 8.01. The maximum Gasteiger partial charge on any atom is 0.282 e. The van der Waals surface area contributed by atoms with Crippen molar-refractivity contribution in [3.05, 3.63) is 51.0 Å². The minimum atomic E-state index is -0.240. The van der Waals surface area contributed by atoms with Gasteiger partial charge in [0, 0.05) is 54.4 Å². The monoisotopic (exact) mass is 469 g/mol. The third kappa shape index (κ3) is 3.58. The van der Waals surface area contributed by atoms with Crippen LogP contribution in [0.1, 0.15) is 56.6 Å². The molecule has 0 N–H and O–H groups in total. The van der Waals surface area contributed by atoms with Crippen molar-refractivity contribution in [2.45, 2.75) is 37.6 Å².